The number of hydrogen-bond acceptors (Lipinski definition) is 3. The number of ketones is 1. The molecule has 5 nitrogen and oxygen atoms in total. The first kappa shape index (κ1) is 17.6. The maximum Gasteiger partial charge on any atom is 0.264 e. The van der Waals surface area contributed by atoms with Crippen molar-refractivity contribution in [3.05, 3.63) is 84.5 Å². The van der Waals surface area contributed by atoms with Crippen molar-refractivity contribution in [3.63, 3.8) is 0 Å². The molecule has 2 heterocycles. The third-order valence-electron chi connectivity index (χ3n) is 4.11. The van der Waals surface area contributed by atoms with Crippen LogP contribution in [0.25, 0.3) is 0 Å². The zero-order valence-corrected chi connectivity index (χ0v) is 15.9. The molecule has 1 unspecified atom stereocenters. The average Bonchev–Trinajstić information content (AvgIpc) is 2.90. The van der Waals surface area contributed by atoms with Gasteiger partial charge >= 0.3 is 0 Å². The predicted octanol–water partition coefficient (Wildman–Crippen LogP) is 4.21. The molecule has 0 saturated heterocycles. The number of halogens is 2. The fourth-order valence-corrected chi connectivity index (χ4v) is 3.38. The molecule has 0 aliphatic carbocycles. The number of carbonyl (C=O) groups excluding carboxylic acids is 1. The molecule has 2 aromatic heterocycles. The van der Waals surface area contributed by atoms with Crippen molar-refractivity contribution in [1.29, 1.82) is 0 Å². The summed E-state index contributed by atoms with van der Waals surface area (Å²) in [5, 5.41) is 7.08. The lowest BCUT2D eigenvalue weighted by atomic mass is 10.0. The van der Waals surface area contributed by atoms with E-state index in [-0.39, 0.29) is 17.3 Å². The Morgan fingerprint density at radius 3 is 2.48 bits per heavy atom. The van der Waals surface area contributed by atoms with Gasteiger partial charge in [-0.05, 0) is 58.7 Å². The van der Waals surface area contributed by atoms with Gasteiger partial charge in [-0.3, -0.25) is 9.59 Å². The van der Waals surface area contributed by atoms with Crippen LogP contribution in [0.2, 0.25) is 5.02 Å². The first-order chi connectivity index (χ1) is 11.9. The number of H-pyrrole nitrogens is 2. The quantitative estimate of drug-likeness (QED) is 0.621. The number of aromatic amines is 2. The van der Waals surface area contributed by atoms with Crippen molar-refractivity contribution in [2.45, 2.75) is 19.8 Å². The van der Waals surface area contributed by atoms with E-state index in [4.69, 9.17) is 11.6 Å². The Morgan fingerprint density at radius 2 is 1.88 bits per heavy atom. The van der Waals surface area contributed by atoms with Crippen LogP contribution in [0.3, 0.4) is 0 Å². The number of benzene rings is 1. The molecule has 3 rings (SSSR count). The monoisotopic (exact) mass is 419 g/mol. The number of nitrogens with zero attached hydrogens (tertiary/aromatic N) is 1. The van der Waals surface area contributed by atoms with Gasteiger partial charge < -0.3 is 4.98 Å². The molecule has 0 saturated carbocycles. The van der Waals surface area contributed by atoms with Crippen molar-refractivity contribution < 1.29 is 4.79 Å². The Kier molecular flexibility index (Phi) is 4.92. The molecule has 128 valence electrons. The van der Waals surface area contributed by atoms with Gasteiger partial charge in [0.2, 0.25) is 5.78 Å². The molecule has 0 amide bonds. The van der Waals surface area contributed by atoms with Crippen LogP contribution >= 0.6 is 27.5 Å². The number of rotatable bonds is 4. The van der Waals surface area contributed by atoms with E-state index < -0.39 is 0 Å². The average molecular weight is 421 g/mol. The fraction of sp³-hybridized carbons (Fsp3) is 0.167. The molecule has 0 aliphatic heterocycles. The van der Waals surface area contributed by atoms with Crippen molar-refractivity contribution >= 4 is 33.3 Å². The van der Waals surface area contributed by atoms with E-state index in [1.165, 1.54) is 6.07 Å². The molecule has 0 spiro atoms. The normalized spacial score (nSPS) is 12.2. The molecular formula is C18H15BrClN3O2. The lowest BCUT2D eigenvalue weighted by Gasteiger charge is -2.09. The van der Waals surface area contributed by atoms with Gasteiger partial charge in [0, 0.05) is 32.7 Å². The Hall–Kier alpha value is -2.18. The molecular weight excluding hydrogens is 406 g/mol. The highest BCUT2D eigenvalue weighted by Gasteiger charge is 2.23. The summed E-state index contributed by atoms with van der Waals surface area (Å²) in [6, 6.07) is 9.89. The summed E-state index contributed by atoms with van der Waals surface area (Å²) in [6.45, 7) is 3.83. The summed E-state index contributed by atoms with van der Waals surface area (Å²) in [5.74, 6) is -0.237. The summed E-state index contributed by atoms with van der Waals surface area (Å²) < 4.78 is 0.824. The van der Waals surface area contributed by atoms with Crippen molar-refractivity contribution in [2.24, 2.45) is 0 Å². The van der Waals surface area contributed by atoms with Crippen LogP contribution in [0.4, 0.5) is 0 Å². The summed E-state index contributed by atoms with van der Waals surface area (Å²) in [5.41, 5.74) is 3.17. The molecule has 2 N–H and O–H groups in total. The van der Waals surface area contributed by atoms with Crippen LogP contribution in [0.5, 0.6) is 0 Å². The van der Waals surface area contributed by atoms with Crippen LogP contribution < -0.4 is 5.56 Å². The molecule has 0 aliphatic rings. The molecule has 3 aromatic rings. The van der Waals surface area contributed by atoms with Crippen LogP contribution in [-0.2, 0) is 0 Å². The topological polar surface area (TPSA) is 78.6 Å². The highest BCUT2D eigenvalue weighted by atomic mass is 79.9. The van der Waals surface area contributed by atoms with Gasteiger partial charge in [-0.15, -0.1) is 0 Å². The number of carbonyl (C=O) groups is 1. The second-order valence-corrected chi connectivity index (χ2v) is 6.99. The predicted molar refractivity (Wildman–Crippen MR) is 100 cm³/mol. The Balaban J connectivity index is 1.99. The highest BCUT2D eigenvalue weighted by Crippen LogP contribution is 2.33. The number of aromatic nitrogens is 3. The minimum Gasteiger partial charge on any atom is -0.354 e. The van der Waals surface area contributed by atoms with Gasteiger partial charge in [-0.2, -0.15) is 5.10 Å². The first-order valence-corrected chi connectivity index (χ1v) is 8.79. The Morgan fingerprint density at radius 1 is 1.20 bits per heavy atom. The van der Waals surface area contributed by atoms with E-state index in [9.17, 15) is 9.59 Å². The maximum atomic E-state index is 12.8. The molecule has 0 fully saturated rings. The molecule has 0 bridgehead atoms. The van der Waals surface area contributed by atoms with Crippen LogP contribution in [0, 0.1) is 6.92 Å². The van der Waals surface area contributed by atoms with Crippen LogP contribution in [0.15, 0.2) is 45.7 Å². The minimum absolute atomic E-state index is 0.109. The second kappa shape index (κ2) is 6.98. The Labute approximate surface area is 157 Å². The van der Waals surface area contributed by atoms with E-state index in [0.29, 0.717) is 22.0 Å². The Bertz CT molecular complexity index is 972. The molecule has 1 aromatic carbocycles. The number of nitrogens with one attached hydrogen (secondary N) is 2. The van der Waals surface area contributed by atoms with Gasteiger partial charge in [-0.25, -0.2) is 5.10 Å². The minimum atomic E-state index is -0.253. The summed E-state index contributed by atoms with van der Waals surface area (Å²) in [7, 11) is 0. The van der Waals surface area contributed by atoms with Gasteiger partial charge in [0.1, 0.15) is 0 Å². The SMILES string of the molecule is Cc1c(C(=O)c2ccc(Cl)cc2)[nH]c(C(C)c2ccc(=O)[nH]n2)c1Br. The standard InChI is InChI=1S/C18H15BrClN3O2/c1-9(13-7-8-14(24)23-22-13)16-15(19)10(2)17(21-16)18(25)11-3-5-12(20)6-4-11/h3-9,21H,1-2H3,(H,23,24). The maximum absolute atomic E-state index is 12.8. The lowest BCUT2D eigenvalue weighted by Crippen LogP contribution is -2.10. The summed E-state index contributed by atoms with van der Waals surface area (Å²) >= 11 is 9.45. The van der Waals surface area contributed by atoms with E-state index in [1.807, 2.05) is 13.8 Å². The van der Waals surface area contributed by atoms with Gasteiger partial charge in [0.15, 0.2) is 0 Å². The highest BCUT2D eigenvalue weighted by molar-refractivity contribution is 9.10. The van der Waals surface area contributed by atoms with E-state index in [0.717, 1.165) is 15.7 Å². The van der Waals surface area contributed by atoms with Crippen molar-refractivity contribution in [2.75, 3.05) is 0 Å². The van der Waals surface area contributed by atoms with Gasteiger partial charge in [-0.1, -0.05) is 18.5 Å². The van der Waals surface area contributed by atoms with E-state index >= 15 is 0 Å². The summed E-state index contributed by atoms with van der Waals surface area (Å²) in [4.78, 5) is 27.2. The van der Waals surface area contributed by atoms with Crippen molar-refractivity contribution in [1.82, 2.24) is 15.2 Å². The van der Waals surface area contributed by atoms with Gasteiger partial charge in [0.25, 0.3) is 5.56 Å². The molecule has 1 atom stereocenters. The van der Waals surface area contributed by atoms with Crippen molar-refractivity contribution in [3.8, 4) is 0 Å². The smallest absolute Gasteiger partial charge is 0.264 e. The van der Waals surface area contributed by atoms with Crippen LogP contribution in [-0.4, -0.2) is 21.0 Å². The summed E-state index contributed by atoms with van der Waals surface area (Å²) in [6.07, 6.45) is 0. The lowest BCUT2D eigenvalue weighted by molar-refractivity contribution is 0.103. The number of hydrogen-bond donors (Lipinski definition) is 2. The zero-order valence-electron chi connectivity index (χ0n) is 13.6. The molecule has 0 radical (unpaired) electrons. The van der Waals surface area contributed by atoms with Crippen LogP contribution in [0.1, 0.15) is 45.8 Å². The third kappa shape index (κ3) is 3.45. The van der Waals surface area contributed by atoms with E-state index in [1.54, 1.807) is 30.3 Å². The second-order valence-electron chi connectivity index (χ2n) is 5.76. The first-order valence-electron chi connectivity index (χ1n) is 7.62. The molecule has 7 heteroatoms. The molecule has 25 heavy (non-hydrogen) atoms. The third-order valence-corrected chi connectivity index (χ3v) is 5.39. The largest absolute Gasteiger partial charge is 0.354 e. The fourth-order valence-electron chi connectivity index (χ4n) is 2.61. The van der Waals surface area contributed by atoms with Gasteiger partial charge in [0.05, 0.1) is 11.4 Å². The van der Waals surface area contributed by atoms with E-state index in [2.05, 4.69) is 31.1 Å². The zero-order chi connectivity index (χ0) is 18.1.